The molecule has 3 aromatic rings. The number of anilines is 1. The van der Waals surface area contributed by atoms with Crippen molar-refractivity contribution in [3.8, 4) is 5.75 Å². The first-order valence-electron chi connectivity index (χ1n) is 10.8. The van der Waals surface area contributed by atoms with E-state index in [1.807, 2.05) is 6.92 Å². The largest absolute Gasteiger partial charge is 0.492 e. The van der Waals surface area contributed by atoms with Crippen molar-refractivity contribution < 1.29 is 31.1 Å². The van der Waals surface area contributed by atoms with E-state index in [1.54, 1.807) is 37.3 Å². The highest BCUT2D eigenvalue weighted by Gasteiger charge is 2.31. The van der Waals surface area contributed by atoms with Gasteiger partial charge in [0.2, 0.25) is 0 Å². The average Bonchev–Trinajstić information content (AvgIpc) is 2.83. The zero-order valence-corrected chi connectivity index (χ0v) is 20.3. The molecule has 0 unspecified atom stereocenters. The minimum atomic E-state index is -4.52. The second-order valence-corrected chi connectivity index (χ2v) is 9.50. The number of sulfonamides is 1. The van der Waals surface area contributed by atoms with Gasteiger partial charge in [0.15, 0.2) is 0 Å². The molecule has 3 aromatic carbocycles. The van der Waals surface area contributed by atoms with Crippen LogP contribution in [0.4, 0.5) is 18.9 Å². The molecule has 0 saturated carbocycles. The van der Waals surface area contributed by atoms with Crippen LogP contribution in [0.1, 0.15) is 23.6 Å². The molecule has 0 aliphatic heterocycles. The zero-order chi connectivity index (χ0) is 26.3. The smallest absolute Gasteiger partial charge is 0.416 e. The average molecular weight is 520 g/mol. The number of halogens is 3. The Morgan fingerprint density at radius 2 is 1.75 bits per heavy atom. The molecule has 0 heterocycles. The van der Waals surface area contributed by atoms with Crippen LogP contribution in [0.5, 0.6) is 5.75 Å². The van der Waals surface area contributed by atoms with Crippen molar-refractivity contribution in [3.05, 3.63) is 89.5 Å². The lowest BCUT2D eigenvalue weighted by atomic mass is 10.1. The number of hydrazone groups is 1. The second-order valence-electron chi connectivity index (χ2n) is 7.64. The lowest BCUT2D eigenvalue weighted by Gasteiger charge is -2.25. The van der Waals surface area contributed by atoms with Crippen LogP contribution in [0, 0.1) is 6.92 Å². The summed E-state index contributed by atoms with van der Waals surface area (Å²) in [4.78, 5) is 12.7. The fourth-order valence-electron chi connectivity index (χ4n) is 3.22. The van der Waals surface area contributed by atoms with Crippen LogP contribution < -0.4 is 14.5 Å². The molecule has 0 saturated heterocycles. The van der Waals surface area contributed by atoms with Gasteiger partial charge in [-0.2, -0.15) is 18.3 Å². The summed E-state index contributed by atoms with van der Waals surface area (Å²) in [6, 6.07) is 16.9. The van der Waals surface area contributed by atoms with Crippen LogP contribution in [0.3, 0.4) is 0 Å². The van der Waals surface area contributed by atoms with Crippen LogP contribution >= 0.6 is 0 Å². The molecule has 0 atom stereocenters. The van der Waals surface area contributed by atoms with Gasteiger partial charge in [-0.1, -0.05) is 42.0 Å². The first-order valence-corrected chi connectivity index (χ1v) is 12.3. The number of carbonyl (C=O) groups excluding carboxylic acids is 1. The number of hydrogen-bond acceptors (Lipinski definition) is 5. The van der Waals surface area contributed by atoms with E-state index in [1.165, 1.54) is 30.3 Å². The topological polar surface area (TPSA) is 88.1 Å². The van der Waals surface area contributed by atoms with E-state index in [0.29, 0.717) is 0 Å². The van der Waals surface area contributed by atoms with Gasteiger partial charge in [0.1, 0.15) is 12.3 Å². The van der Waals surface area contributed by atoms with Crippen molar-refractivity contribution >= 4 is 27.8 Å². The molecular formula is C25H24F3N3O4S. The molecule has 3 rings (SSSR count). The SMILES string of the molecule is CCOc1ccccc1N(CC(=O)N/N=C\c1cccc(C(F)(F)F)c1)S(=O)(=O)c1ccc(C)cc1. The number of amides is 1. The number of alkyl halides is 3. The lowest BCUT2D eigenvalue weighted by Crippen LogP contribution is -2.39. The van der Waals surface area contributed by atoms with Gasteiger partial charge in [-0.3, -0.25) is 9.10 Å². The summed E-state index contributed by atoms with van der Waals surface area (Å²) in [5, 5.41) is 3.69. The van der Waals surface area contributed by atoms with Crippen LogP contribution in [-0.2, 0) is 21.0 Å². The number of rotatable bonds is 9. The molecule has 190 valence electrons. The van der Waals surface area contributed by atoms with E-state index in [2.05, 4.69) is 10.5 Å². The predicted octanol–water partition coefficient (Wildman–Crippen LogP) is 4.76. The predicted molar refractivity (Wildman–Crippen MR) is 131 cm³/mol. The second kappa shape index (κ2) is 11.3. The van der Waals surface area contributed by atoms with Gasteiger partial charge < -0.3 is 4.74 Å². The summed E-state index contributed by atoms with van der Waals surface area (Å²) in [6.07, 6.45) is -3.48. The van der Waals surface area contributed by atoms with Crippen LogP contribution in [0.15, 0.2) is 82.8 Å². The van der Waals surface area contributed by atoms with E-state index < -0.39 is 34.2 Å². The third-order valence-electron chi connectivity index (χ3n) is 4.95. The third-order valence-corrected chi connectivity index (χ3v) is 6.72. The molecule has 0 radical (unpaired) electrons. The van der Waals surface area contributed by atoms with Crippen molar-refractivity contribution in [1.29, 1.82) is 0 Å². The summed E-state index contributed by atoms with van der Waals surface area (Å²) in [7, 11) is -4.19. The third kappa shape index (κ3) is 6.63. The number of ether oxygens (including phenoxy) is 1. The Labute approximate surface area is 207 Å². The molecule has 0 bridgehead atoms. The lowest BCUT2D eigenvalue weighted by molar-refractivity contribution is -0.137. The maximum atomic E-state index is 13.5. The van der Waals surface area contributed by atoms with E-state index in [4.69, 9.17) is 4.74 Å². The Balaban J connectivity index is 1.88. The fourth-order valence-corrected chi connectivity index (χ4v) is 4.65. The Morgan fingerprint density at radius 3 is 2.42 bits per heavy atom. The molecule has 36 heavy (non-hydrogen) atoms. The molecule has 0 aromatic heterocycles. The Morgan fingerprint density at radius 1 is 1.06 bits per heavy atom. The van der Waals surface area contributed by atoms with E-state index >= 15 is 0 Å². The Kier molecular flexibility index (Phi) is 8.36. The minimum absolute atomic E-state index is 0.0281. The van der Waals surface area contributed by atoms with Crippen molar-refractivity contribution in [3.63, 3.8) is 0 Å². The van der Waals surface area contributed by atoms with Gasteiger partial charge in [-0.15, -0.1) is 0 Å². The van der Waals surface area contributed by atoms with E-state index in [9.17, 15) is 26.4 Å². The Bertz CT molecular complexity index is 1340. The molecule has 0 spiro atoms. The normalized spacial score (nSPS) is 11.9. The van der Waals surface area contributed by atoms with Crippen LogP contribution in [-0.4, -0.2) is 33.7 Å². The highest BCUT2D eigenvalue weighted by molar-refractivity contribution is 7.92. The monoisotopic (exact) mass is 519 g/mol. The van der Waals surface area contributed by atoms with Crippen molar-refractivity contribution in [1.82, 2.24) is 5.43 Å². The van der Waals surface area contributed by atoms with Crippen LogP contribution in [0.25, 0.3) is 0 Å². The molecule has 0 aliphatic rings. The molecule has 0 fully saturated rings. The summed E-state index contributed by atoms with van der Waals surface area (Å²) in [5.74, 6) is -0.545. The highest BCUT2D eigenvalue weighted by atomic mass is 32.2. The number of aryl methyl sites for hydroxylation is 1. The first-order chi connectivity index (χ1) is 17.0. The van der Waals surface area contributed by atoms with E-state index in [-0.39, 0.29) is 28.5 Å². The van der Waals surface area contributed by atoms with Gasteiger partial charge >= 0.3 is 6.18 Å². The summed E-state index contributed by atoms with van der Waals surface area (Å²) >= 11 is 0. The number of carbonyl (C=O) groups is 1. The summed E-state index contributed by atoms with van der Waals surface area (Å²) in [6.45, 7) is 3.17. The molecule has 1 N–H and O–H groups in total. The van der Waals surface area contributed by atoms with Gasteiger partial charge in [0.25, 0.3) is 15.9 Å². The zero-order valence-electron chi connectivity index (χ0n) is 19.5. The Hall–Kier alpha value is -3.86. The fraction of sp³-hybridized carbons (Fsp3) is 0.200. The number of nitrogens with zero attached hydrogens (tertiary/aromatic N) is 2. The first kappa shape index (κ1) is 26.7. The van der Waals surface area contributed by atoms with Gasteiger partial charge in [0, 0.05) is 0 Å². The van der Waals surface area contributed by atoms with Gasteiger partial charge in [-0.25, -0.2) is 13.8 Å². The number of nitrogens with one attached hydrogen (secondary N) is 1. The molecule has 1 amide bonds. The number of para-hydroxylation sites is 2. The molecule has 11 heteroatoms. The van der Waals surface area contributed by atoms with Crippen molar-refractivity contribution in [2.75, 3.05) is 17.5 Å². The summed E-state index contributed by atoms with van der Waals surface area (Å²) in [5.41, 5.74) is 2.43. The maximum Gasteiger partial charge on any atom is 0.416 e. The van der Waals surface area contributed by atoms with E-state index in [0.717, 1.165) is 28.2 Å². The van der Waals surface area contributed by atoms with Crippen LogP contribution in [0.2, 0.25) is 0 Å². The quantitative estimate of drug-likeness (QED) is 0.326. The minimum Gasteiger partial charge on any atom is -0.492 e. The standard InChI is InChI=1S/C25H24F3N3O4S/c1-3-35-23-10-5-4-9-22(23)31(36(33,34)21-13-11-18(2)12-14-21)17-24(32)30-29-16-19-7-6-8-20(15-19)25(26,27)28/h4-16H,3,17H2,1-2H3,(H,30,32)/b29-16-. The number of benzene rings is 3. The maximum absolute atomic E-state index is 13.5. The molecular weight excluding hydrogens is 495 g/mol. The van der Waals surface area contributed by atoms with Gasteiger partial charge in [-0.05, 0) is 55.8 Å². The van der Waals surface area contributed by atoms with Crippen molar-refractivity contribution in [2.45, 2.75) is 24.9 Å². The number of hydrogen-bond donors (Lipinski definition) is 1. The molecule has 0 aliphatic carbocycles. The highest BCUT2D eigenvalue weighted by Crippen LogP contribution is 2.32. The van der Waals surface area contributed by atoms with Crippen molar-refractivity contribution in [2.24, 2.45) is 5.10 Å². The molecule has 7 nitrogen and oxygen atoms in total. The summed E-state index contributed by atoms with van der Waals surface area (Å²) < 4.78 is 72.2. The van der Waals surface area contributed by atoms with Gasteiger partial charge in [0.05, 0.1) is 29.0 Å².